The molecule has 4 heterocycles. The van der Waals surface area contributed by atoms with Gasteiger partial charge in [-0.05, 0) is 111 Å². The number of hydrogen-bond donors (Lipinski definition) is 3. The number of cyclic esters (lactones) is 2. The predicted octanol–water partition coefficient (Wildman–Crippen LogP) is 6.28. The van der Waals surface area contributed by atoms with Crippen LogP contribution < -0.4 is 43.8 Å². The summed E-state index contributed by atoms with van der Waals surface area (Å²) in [7, 11) is 2.64. The number of aromatic hydroxyl groups is 1. The highest BCUT2D eigenvalue weighted by Crippen LogP contribution is 2.31. The van der Waals surface area contributed by atoms with Gasteiger partial charge in [0, 0.05) is 31.5 Å². The van der Waals surface area contributed by atoms with Gasteiger partial charge >= 0.3 is 17.9 Å². The molecule has 0 radical (unpaired) electrons. The van der Waals surface area contributed by atoms with E-state index in [4.69, 9.17) is 52.1 Å². The number of aromatic nitrogens is 2. The van der Waals surface area contributed by atoms with Gasteiger partial charge in [0.15, 0.2) is 65.1 Å². The number of amides is 2. The third-order valence-electron chi connectivity index (χ3n) is 11.8. The predicted molar refractivity (Wildman–Crippen MR) is 273 cm³/mol. The maximum Gasteiger partial charge on any atom is 0.331 e. The first-order valence-electron chi connectivity index (χ1n) is 24.7. The first kappa shape index (κ1) is 59.4. The molecule has 0 bridgehead atoms. The summed E-state index contributed by atoms with van der Waals surface area (Å²) in [6.07, 6.45) is -3.08. The zero-order valence-electron chi connectivity index (χ0n) is 43.9. The van der Waals surface area contributed by atoms with Crippen LogP contribution in [0.3, 0.4) is 0 Å². The fourth-order valence-electron chi connectivity index (χ4n) is 7.88. The molecule has 0 aliphatic carbocycles. The molecular formula is C56H54F4N4O17. The van der Waals surface area contributed by atoms with Crippen LogP contribution >= 0.6 is 0 Å². The van der Waals surface area contributed by atoms with E-state index >= 15 is 0 Å². The monoisotopic (exact) mass is 1130 g/mol. The Hall–Kier alpha value is -9.23. The maximum absolute atomic E-state index is 13.5. The number of hydrogen-bond acceptors (Lipinski definition) is 19. The van der Waals surface area contributed by atoms with Crippen molar-refractivity contribution in [3.05, 3.63) is 156 Å². The molecule has 2 aliphatic rings. The molecule has 2 amide bonds. The van der Waals surface area contributed by atoms with Crippen LogP contribution in [0.15, 0.2) is 122 Å². The number of ether oxygens (including phenoxy) is 11. The number of carbonyl (C=O) groups excluding carboxylic acids is 5. The fraction of sp³-hybridized carbons (Fsp3) is 0.304. The van der Waals surface area contributed by atoms with E-state index in [2.05, 4.69) is 20.6 Å². The zero-order valence-corrected chi connectivity index (χ0v) is 43.9. The molecule has 428 valence electrons. The molecule has 0 unspecified atom stereocenters. The number of rotatable bonds is 15. The van der Waals surface area contributed by atoms with Crippen molar-refractivity contribution < 1.29 is 98.7 Å². The molecule has 2 aliphatic heterocycles. The number of benzene rings is 4. The third-order valence-corrected chi connectivity index (χ3v) is 11.8. The van der Waals surface area contributed by atoms with E-state index in [0.29, 0.717) is 11.5 Å². The number of halogens is 4. The highest BCUT2D eigenvalue weighted by atomic mass is 19.1. The average molecular weight is 1130 g/mol. The molecule has 81 heavy (non-hydrogen) atoms. The Kier molecular flexibility index (Phi) is 20.6. The van der Waals surface area contributed by atoms with Crippen molar-refractivity contribution in [2.45, 2.75) is 69.5 Å². The lowest BCUT2D eigenvalue weighted by atomic mass is 10.1. The Bertz CT molecular complexity index is 3110. The molecule has 2 fully saturated rings. The summed E-state index contributed by atoms with van der Waals surface area (Å²) >= 11 is 0. The first-order chi connectivity index (χ1) is 38.9. The van der Waals surface area contributed by atoms with E-state index < -0.39 is 107 Å². The number of pyridine rings is 2. The minimum absolute atomic E-state index is 0.0265. The van der Waals surface area contributed by atoms with Crippen LogP contribution in [-0.4, -0.2) is 134 Å². The molecule has 2 aromatic heterocycles. The minimum atomic E-state index is -1.31. The van der Waals surface area contributed by atoms with Crippen LogP contribution in [-0.2, 0) is 33.3 Å². The van der Waals surface area contributed by atoms with Crippen LogP contribution in [0.25, 0.3) is 0 Å². The quantitative estimate of drug-likeness (QED) is 0.0755. The van der Waals surface area contributed by atoms with Gasteiger partial charge in [-0.3, -0.25) is 14.4 Å². The standard InChI is InChI=1S/C29H28F2N2O9.C27H26F2N2O8/c1-16-26(42-21-10-6-19(31)7-11-21)24(41-20-8-4-18(30)5-9-20)15-38-14-22(29(36)39-16)33-28(35)25-27(40-17(2)34)23(37-3)12-13-32-25;1-15-25(39-19-9-5-17(29)6-10-19)22(38-18-7-3-16(28)4-8-18)14-36-13-20(27(34)37-15)31-26(33)23-24(32)21(35-2)11-12-30-23/h4-13,16,22,24,26H,14-15H2,1-3H3,(H,33,35);3-12,15,20,22,25,32H,13-14H2,1-2H3,(H,31,33)/t16-,22-,24-,26-;15-,20-,22-,25-/m00/s1. The Morgan fingerprint density at radius 2 is 0.889 bits per heavy atom. The molecular weight excluding hydrogens is 1080 g/mol. The molecule has 21 nitrogen and oxygen atoms in total. The summed E-state index contributed by atoms with van der Waals surface area (Å²) in [5.74, 6) is -5.46. The normalized spacial score (nSPS) is 21.0. The van der Waals surface area contributed by atoms with E-state index in [9.17, 15) is 46.6 Å². The number of esters is 3. The number of carbonyl (C=O) groups is 5. The van der Waals surface area contributed by atoms with Gasteiger partial charge in [0.1, 0.15) is 58.5 Å². The van der Waals surface area contributed by atoms with E-state index in [1.807, 2.05) is 0 Å². The molecule has 8 rings (SSSR count). The van der Waals surface area contributed by atoms with Crippen molar-refractivity contribution >= 4 is 29.7 Å². The zero-order chi connectivity index (χ0) is 58.2. The van der Waals surface area contributed by atoms with Crippen molar-refractivity contribution in [1.82, 2.24) is 20.6 Å². The smallest absolute Gasteiger partial charge is 0.331 e. The SMILES string of the molecule is COc1ccnc(C(=O)N[C@H]2COC[C@H](Oc3ccc(F)cc3)[C@@H](Oc3ccc(F)cc3)[C@H](C)OC2=O)c1O.COc1ccnc(C(=O)N[C@H]2COC[C@H](Oc3ccc(F)cc3)[C@@H](Oc3ccc(F)cc3)[C@H](C)OC2=O)c1OC(C)=O. The molecule has 4 aromatic carbocycles. The Morgan fingerprint density at radius 1 is 0.531 bits per heavy atom. The van der Waals surface area contributed by atoms with Crippen molar-refractivity contribution in [3.63, 3.8) is 0 Å². The van der Waals surface area contributed by atoms with E-state index in [1.54, 1.807) is 13.8 Å². The molecule has 0 spiro atoms. The molecule has 25 heteroatoms. The van der Waals surface area contributed by atoms with Gasteiger partial charge in [0.05, 0.1) is 40.6 Å². The summed E-state index contributed by atoms with van der Waals surface area (Å²) in [5.41, 5.74) is -0.662. The lowest BCUT2D eigenvalue weighted by Crippen LogP contribution is -2.48. The second-order valence-electron chi connectivity index (χ2n) is 17.7. The van der Waals surface area contributed by atoms with E-state index in [0.717, 1.165) is 6.92 Å². The summed E-state index contributed by atoms with van der Waals surface area (Å²) in [4.78, 5) is 71.7. The second-order valence-corrected chi connectivity index (χ2v) is 17.7. The van der Waals surface area contributed by atoms with Gasteiger partial charge < -0.3 is 67.8 Å². The lowest BCUT2D eigenvalue weighted by molar-refractivity contribution is -0.157. The van der Waals surface area contributed by atoms with Gasteiger partial charge in [0.2, 0.25) is 5.75 Å². The Balaban J connectivity index is 0.000000234. The first-order valence-corrected chi connectivity index (χ1v) is 24.7. The van der Waals surface area contributed by atoms with Crippen LogP contribution in [0.2, 0.25) is 0 Å². The average Bonchev–Trinajstić information content (AvgIpc) is 3.56. The van der Waals surface area contributed by atoms with Crippen LogP contribution in [0, 0.1) is 23.3 Å². The summed E-state index contributed by atoms with van der Waals surface area (Å²) in [6, 6.07) is 21.2. The Labute approximate surface area is 460 Å². The maximum atomic E-state index is 13.5. The van der Waals surface area contributed by atoms with Gasteiger partial charge in [-0.2, -0.15) is 0 Å². The summed E-state index contributed by atoms with van der Waals surface area (Å²) in [6.45, 7) is 3.34. The Morgan fingerprint density at radius 3 is 1.27 bits per heavy atom. The van der Waals surface area contributed by atoms with Gasteiger partial charge in [0.25, 0.3) is 11.8 Å². The molecule has 8 atom stereocenters. The summed E-state index contributed by atoms with van der Waals surface area (Å²) < 4.78 is 116. The van der Waals surface area contributed by atoms with Crippen LogP contribution in [0.1, 0.15) is 41.7 Å². The molecule has 2 saturated heterocycles. The van der Waals surface area contributed by atoms with Crippen LogP contribution in [0.4, 0.5) is 17.6 Å². The number of nitrogens with zero attached hydrogens (tertiary/aromatic N) is 2. The topological polar surface area (TPSA) is 257 Å². The van der Waals surface area contributed by atoms with Crippen molar-refractivity contribution in [2.24, 2.45) is 0 Å². The van der Waals surface area contributed by atoms with Crippen LogP contribution in [0.5, 0.6) is 46.0 Å². The second kappa shape index (κ2) is 28.1. The van der Waals surface area contributed by atoms with Crippen molar-refractivity contribution in [3.8, 4) is 46.0 Å². The number of nitrogens with one attached hydrogen (secondary N) is 2. The molecule has 0 saturated carbocycles. The summed E-state index contributed by atoms with van der Waals surface area (Å²) in [5, 5.41) is 15.2. The lowest BCUT2D eigenvalue weighted by Gasteiger charge is -2.31. The van der Waals surface area contributed by atoms with Gasteiger partial charge in [-0.1, -0.05) is 0 Å². The van der Waals surface area contributed by atoms with E-state index in [1.165, 1.54) is 136 Å². The van der Waals surface area contributed by atoms with Crippen molar-refractivity contribution in [2.75, 3.05) is 40.6 Å². The molecule has 3 N–H and O–H groups in total. The van der Waals surface area contributed by atoms with Gasteiger partial charge in [-0.15, -0.1) is 0 Å². The highest BCUT2D eigenvalue weighted by Gasteiger charge is 2.40. The van der Waals surface area contributed by atoms with Gasteiger partial charge in [-0.25, -0.2) is 37.1 Å². The highest BCUT2D eigenvalue weighted by molar-refractivity contribution is 5.99. The van der Waals surface area contributed by atoms with Crippen molar-refractivity contribution in [1.29, 1.82) is 0 Å². The minimum Gasteiger partial charge on any atom is -0.503 e. The third kappa shape index (κ3) is 16.4. The molecule has 6 aromatic rings. The van der Waals surface area contributed by atoms with E-state index in [-0.39, 0.29) is 66.6 Å². The number of methoxy groups -OCH3 is 2. The largest absolute Gasteiger partial charge is 0.503 e. The fourth-order valence-corrected chi connectivity index (χ4v) is 7.88.